The predicted octanol–water partition coefficient (Wildman–Crippen LogP) is 0.952. The van der Waals surface area contributed by atoms with Crippen molar-refractivity contribution in [3.05, 3.63) is 21.8 Å². The first-order chi connectivity index (χ1) is 8.66. The lowest BCUT2D eigenvalue weighted by Crippen LogP contribution is -2.28. The van der Waals surface area contributed by atoms with Crippen molar-refractivity contribution in [2.75, 3.05) is 13.2 Å². The lowest BCUT2D eigenvalue weighted by molar-refractivity contribution is 0.0942. The molecule has 0 aliphatic rings. The first-order valence-electron chi connectivity index (χ1n) is 5.29. The van der Waals surface area contributed by atoms with Gasteiger partial charge in [0, 0.05) is 5.38 Å². The van der Waals surface area contributed by atoms with E-state index in [9.17, 15) is 4.79 Å². The van der Waals surface area contributed by atoms with Crippen molar-refractivity contribution < 1.29 is 14.2 Å². The maximum atomic E-state index is 11.6. The average Bonchev–Trinajstić information content (AvgIpc) is 2.94. The lowest BCUT2D eigenvalue weighted by Gasteiger charge is -2.03. The highest BCUT2D eigenvalue weighted by molar-refractivity contribution is 7.09. The maximum absolute atomic E-state index is 11.6. The van der Waals surface area contributed by atoms with Gasteiger partial charge in [0.25, 0.3) is 11.8 Å². The number of carbonyl (C=O) groups excluding carboxylic acids is 1. The van der Waals surface area contributed by atoms with Gasteiger partial charge < -0.3 is 10.1 Å². The van der Waals surface area contributed by atoms with E-state index >= 15 is 0 Å². The smallest absolute Gasteiger partial charge is 0.278 e. The summed E-state index contributed by atoms with van der Waals surface area (Å²) < 4.78 is 9.74. The van der Waals surface area contributed by atoms with E-state index in [1.54, 1.807) is 12.3 Å². The molecule has 2 heterocycles. The number of thiazole rings is 1. The van der Waals surface area contributed by atoms with E-state index in [1.807, 2.05) is 6.92 Å². The van der Waals surface area contributed by atoms with Crippen LogP contribution in [0.15, 0.2) is 10.0 Å². The second kappa shape index (κ2) is 5.58. The fourth-order valence-electron chi connectivity index (χ4n) is 1.23. The molecule has 8 heteroatoms. The largest absolute Gasteiger partial charge is 0.472 e. The molecule has 0 fully saturated rings. The van der Waals surface area contributed by atoms with E-state index in [-0.39, 0.29) is 5.91 Å². The van der Waals surface area contributed by atoms with Crippen LogP contribution in [-0.2, 0) is 0 Å². The molecule has 0 aromatic carbocycles. The Morgan fingerprint density at radius 3 is 2.94 bits per heavy atom. The Kier molecular flexibility index (Phi) is 3.88. The van der Waals surface area contributed by atoms with E-state index in [0.717, 1.165) is 5.01 Å². The van der Waals surface area contributed by atoms with Crippen LogP contribution < -0.4 is 10.1 Å². The first-order valence-corrected chi connectivity index (χ1v) is 6.17. The number of rotatable bonds is 5. The Balaban J connectivity index is 1.73. The van der Waals surface area contributed by atoms with Crippen LogP contribution in [0, 0.1) is 13.8 Å². The molecule has 0 unspecified atom stereocenters. The minimum Gasteiger partial charge on any atom is -0.472 e. The van der Waals surface area contributed by atoms with E-state index in [2.05, 4.69) is 25.2 Å². The van der Waals surface area contributed by atoms with Gasteiger partial charge >= 0.3 is 0 Å². The molecule has 2 aromatic heterocycles. The van der Waals surface area contributed by atoms with Gasteiger partial charge in [0.05, 0.1) is 11.6 Å². The molecule has 1 N–H and O–H groups in total. The van der Waals surface area contributed by atoms with Crippen molar-refractivity contribution in [1.29, 1.82) is 0 Å². The van der Waals surface area contributed by atoms with Gasteiger partial charge in [0.2, 0.25) is 0 Å². The Morgan fingerprint density at radius 1 is 1.50 bits per heavy atom. The fraction of sp³-hybridized carbons (Fsp3) is 0.400. The highest BCUT2D eigenvalue weighted by Gasteiger charge is 2.09. The Morgan fingerprint density at radius 2 is 2.33 bits per heavy atom. The number of nitrogens with one attached hydrogen (secondary N) is 1. The van der Waals surface area contributed by atoms with Crippen LogP contribution in [-0.4, -0.2) is 34.4 Å². The maximum Gasteiger partial charge on any atom is 0.278 e. The van der Waals surface area contributed by atoms with Crippen LogP contribution in [0.2, 0.25) is 0 Å². The highest BCUT2D eigenvalue weighted by Crippen LogP contribution is 2.09. The van der Waals surface area contributed by atoms with Crippen LogP contribution in [0.5, 0.6) is 5.88 Å². The van der Waals surface area contributed by atoms with Crippen LogP contribution >= 0.6 is 11.3 Å². The Hall–Kier alpha value is -1.96. The lowest BCUT2D eigenvalue weighted by atomic mass is 10.4. The molecule has 0 aliphatic heterocycles. The summed E-state index contributed by atoms with van der Waals surface area (Å²) in [4.78, 5) is 15.7. The summed E-state index contributed by atoms with van der Waals surface area (Å²) in [6.45, 7) is 4.24. The highest BCUT2D eigenvalue weighted by atomic mass is 32.1. The number of ether oxygens (including phenoxy) is 1. The van der Waals surface area contributed by atoms with Gasteiger partial charge in [-0.3, -0.25) is 4.79 Å². The Bertz CT molecular complexity index is 537. The molecule has 2 aromatic rings. The third-order valence-electron chi connectivity index (χ3n) is 2.09. The standard InChI is InChI=1S/C10H12N4O3S/c1-6-10(14-17-13-6)16-4-3-11-9(15)8-5-18-7(2)12-8/h5H,3-4H2,1-2H3,(H,11,15). The number of hydrogen-bond donors (Lipinski definition) is 1. The van der Waals surface area contributed by atoms with Crippen molar-refractivity contribution in [1.82, 2.24) is 20.6 Å². The van der Waals surface area contributed by atoms with Crippen molar-refractivity contribution >= 4 is 17.2 Å². The minimum absolute atomic E-state index is 0.210. The number of amides is 1. The molecule has 96 valence electrons. The van der Waals surface area contributed by atoms with Crippen LogP contribution in [0.3, 0.4) is 0 Å². The third kappa shape index (κ3) is 3.04. The minimum atomic E-state index is -0.210. The summed E-state index contributed by atoms with van der Waals surface area (Å²) in [6.07, 6.45) is 0. The fourth-order valence-corrected chi connectivity index (χ4v) is 1.82. The second-order valence-electron chi connectivity index (χ2n) is 3.51. The molecular formula is C10H12N4O3S. The summed E-state index contributed by atoms with van der Waals surface area (Å²) >= 11 is 1.44. The molecule has 0 saturated heterocycles. The van der Waals surface area contributed by atoms with Crippen LogP contribution in [0.25, 0.3) is 0 Å². The van der Waals surface area contributed by atoms with Gasteiger partial charge in [-0.1, -0.05) is 5.16 Å². The van der Waals surface area contributed by atoms with Crippen LogP contribution in [0.1, 0.15) is 21.2 Å². The van der Waals surface area contributed by atoms with E-state index in [0.29, 0.717) is 30.4 Å². The van der Waals surface area contributed by atoms with Gasteiger partial charge in [-0.15, -0.1) is 11.3 Å². The number of nitrogens with zero attached hydrogens (tertiary/aromatic N) is 3. The van der Waals surface area contributed by atoms with Gasteiger partial charge in [0.1, 0.15) is 18.0 Å². The zero-order valence-corrected chi connectivity index (χ0v) is 10.8. The molecule has 0 saturated carbocycles. The molecule has 2 rings (SSSR count). The zero-order chi connectivity index (χ0) is 13.0. The average molecular weight is 268 g/mol. The normalized spacial score (nSPS) is 10.3. The molecule has 0 radical (unpaired) electrons. The van der Waals surface area contributed by atoms with Crippen molar-refractivity contribution in [2.24, 2.45) is 0 Å². The summed E-state index contributed by atoms with van der Waals surface area (Å²) in [6, 6.07) is 0. The molecule has 18 heavy (non-hydrogen) atoms. The van der Waals surface area contributed by atoms with Gasteiger partial charge in [-0.05, 0) is 19.0 Å². The zero-order valence-electron chi connectivity index (χ0n) is 9.97. The van der Waals surface area contributed by atoms with E-state index < -0.39 is 0 Å². The predicted molar refractivity (Wildman–Crippen MR) is 63.7 cm³/mol. The van der Waals surface area contributed by atoms with Crippen LogP contribution in [0.4, 0.5) is 0 Å². The SMILES string of the molecule is Cc1nc(C(=O)NCCOc2nonc2C)cs1. The number of aryl methyl sites for hydroxylation is 2. The molecule has 0 spiro atoms. The van der Waals surface area contributed by atoms with Crippen molar-refractivity contribution in [3.8, 4) is 5.88 Å². The molecule has 0 bridgehead atoms. The molecule has 0 aliphatic carbocycles. The number of hydrogen-bond acceptors (Lipinski definition) is 7. The van der Waals surface area contributed by atoms with Crippen molar-refractivity contribution in [2.45, 2.75) is 13.8 Å². The molecule has 1 amide bonds. The summed E-state index contributed by atoms with van der Waals surface area (Å²) in [5.41, 5.74) is 1.01. The Labute approximate surface area is 107 Å². The number of aromatic nitrogens is 3. The quantitative estimate of drug-likeness (QED) is 0.812. The summed E-state index contributed by atoms with van der Waals surface area (Å²) in [7, 11) is 0. The van der Waals surface area contributed by atoms with Gasteiger partial charge in [0.15, 0.2) is 0 Å². The molecular weight excluding hydrogens is 256 g/mol. The second-order valence-corrected chi connectivity index (χ2v) is 4.57. The van der Waals surface area contributed by atoms with Gasteiger partial charge in [-0.25, -0.2) is 9.61 Å². The summed E-state index contributed by atoms with van der Waals surface area (Å²) in [5.74, 6) is 0.131. The van der Waals surface area contributed by atoms with Gasteiger partial charge in [-0.2, -0.15) is 0 Å². The third-order valence-corrected chi connectivity index (χ3v) is 2.86. The first kappa shape index (κ1) is 12.5. The number of carbonyl (C=O) groups is 1. The molecule has 0 atom stereocenters. The molecule has 7 nitrogen and oxygen atoms in total. The summed E-state index contributed by atoms with van der Waals surface area (Å²) in [5, 5.41) is 12.4. The monoisotopic (exact) mass is 268 g/mol. The topological polar surface area (TPSA) is 90.1 Å². The van der Waals surface area contributed by atoms with E-state index in [4.69, 9.17) is 4.74 Å². The van der Waals surface area contributed by atoms with E-state index in [1.165, 1.54) is 11.3 Å². The van der Waals surface area contributed by atoms with Crippen molar-refractivity contribution in [3.63, 3.8) is 0 Å².